The summed E-state index contributed by atoms with van der Waals surface area (Å²) in [5, 5.41) is 11.1. The molecular weight excluding hydrogens is 402 g/mol. The number of carboxylic acid groups (broad SMARTS) is 1. The number of aromatic amines is 1. The number of benzene rings is 2. The number of aromatic nitrogens is 3. The van der Waals surface area contributed by atoms with Gasteiger partial charge in [0.1, 0.15) is 11.4 Å². The molecule has 2 heterocycles. The molecule has 0 unspecified atom stereocenters. The van der Waals surface area contributed by atoms with E-state index in [2.05, 4.69) is 9.97 Å². The molecule has 0 saturated carbocycles. The Labute approximate surface area is 176 Å². The summed E-state index contributed by atoms with van der Waals surface area (Å²) < 4.78 is 6.81. The number of nitrogens with zero attached hydrogens (tertiary/aromatic N) is 2. The van der Waals surface area contributed by atoms with Gasteiger partial charge in [-0.2, -0.15) is 0 Å². The minimum absolute atomic E-state index is 0.0569. The highest BCUT2D eigenvalue weighted by atomic mass is 32.2. The number of aliphatic carboxylic acids is 1. The van der Waals surface area contributed by atoms with Crippen molar-refractivity contribution in [3.05, 3.63) is 65.2 Å². The van der Waals surface area contributed by atoms with Gasteiger partial charge in [-0.05, 0) is 43.0 Å². The second kappa shape index (κ2) is 8.46. The first-order chi connectivity index (χ1) is 14.5. The largest absolute Gasteiger partial charge is 0.477 e. The van der Waals surface area contributed by atoms with Crippen LogP contribution in [-0.2, 0) is 20.9 Å². The average molecular weight is 421 g/mol. The molecule has 0 aliphatic rings. The molecule has 0 radical (unpaired) electrons. The van der Waals surface area contributed by atoms with Crippen molar-refractivity contribution in [3.63, 3.8) is 0 Å². The van der Waals surface area contributed by atoms with Crippen LogP contribution in [0.15, 0.2) is 64.8 Å². The average Bonchev–Trinajstić information content (AvgIpc) is 3.29. The fourth-order valence-electron chi connectivity index (χ4n) is 3.22. The van der Waals surface area contributed by atoms with Gasteiger partial charge < -0.3 is 19.4 Å². The third-order valence-corrected chi connectivity index (χ3v) is 5.39. The minimum atomic E-state index is -1.05. The van der Waals surface area contributed by atoms with E-state index in [1.54, 1.807) is 23.8 Å². The molecule has 0 aliphatic heterocycles. The van der Waals surface area contributed by atoms with E-state index >= 15 is 0 Å². The van der Waals surface area contributed by atoms with Crippen molar-refractivity contribution in [2.24, 2.45) is 0 Å². The molecule has 2 N–H and O–H groups in total. The number of carboxylic acids is 1. The molecule has 7 nitrogen and oxygen atoms in total. The van der Waals surface area contributed by atoms with Gasteiger partial charge in [0.2, 0.25) is 0 Å². The zero-order valence-electron chi connectivity index (χ0n) is 16.2. The Kier molecular flexibility index (Phi) is 5.58. The number of esters is 1. The summed E-state index contributed by atoms with van der Waals surface area (Å²) in [7, 11) is 0. The van der Waals surface area contributed by atoms with Crippen LogP contribution in [-0.4, -0.2) is 38.2 Å². The van der Waals surface area contributed by atoms with Gasteiger partial charge in [0.05, 0.1) is 17.6 Å². The quantitative estimate of drug-likeness (QED) is 0.262. The van der Waals surface area contributed by atoms with E-state index in [-0.39, 0.29) is 17.4 Å². The van der Waals surface area contributed by atoms with E-state index in [4.69, 9.17) is 4.74 Å². The van der Waals surface area contributed by atoms with Crippen molar-refractivity contribution in [2.75, 3.05) is 6.61 Å². The van der Waals surface area contributed by atoms with Gasteiger partial charge in [0.25, 0.3) is 0 Å². The molecule has 4 rings (SSSR count). The van der Waals surface area contributed by atoms with Crippen LogP contribution < -0.4 is 0 Å². The lowest BCUT2D eigenvalue weighted by Gasteiger charge is -2.04. The molecule has 30 heavy (non-hydrogen) atoms. The predicted molar refractivity (Wildman–Crippen MR) is 116 cm³/mol. The summed E-state index contributed by atoms with van der Waals surface area (Å²) >= 11 is 1.05. The number of hydrogen-bond donors (Lipinski definition) is 2. The van der Waals surface area contributed by atoms with Crippen molar-refractivity contribution in [1.29, 1.82) is 0 Å². The number of rotatable bonds is 7. The van der Waals surface area contributed by atoms with Crippen LogP contribution >= 0.6 is 11.8 Å². The Balaban J connectivity index is 1.71. The summed E-state index contributed by atoms with van der Waals surface area (Å²) in [6.45, 7) is 2.12. The summed E-state index contributed by atoms with van der Waals surface area (Å²) in [5.41, 5.74) is 3.15. The molecule has 0 amide bonds. The van der Waals surface area contributed by atoms with Crippen molar-refractivity contribution in [1.82, 2.24) is 14.5 Å². The fraction of sp³-hybridized carbons (Fsp3) is 0.136. The van der Waals surface area contributed by atoms with Crippen LogP contribution in [0.1, 0.15) is 12.5 Å². The molecule has 2 aromatic carbocycles. The van der Waals surface area contributed by atoms with Crippen molar-refractivity contribution < 1.29 is 19.4 Å². The molecule has 0 aliphatic carbocycles. The van der Waals surface area contributed by atoms with Crippen molar-refractivity contribution in [2.45, 2.75) is 18.6 Å². The zero-order valence-corrected chi connectivity index (χ0v) is 17.0. The van der Waals surface area contributed by atoms with Crippen LogP contribution in [0, 0.1) is 0 Å². The van der Waals surface area contributed by atoms with E-state index in [0.29, 0.717) is 17.3 Å². The topological polar surface area (TPSA) is 97.2 Å². The number of hydrogen-bond acceptors (Lipinski definition) is 5. The van der Waals surface area contributed by atoms with Crippen LogP contribution in [0.25, 0.3) is 28.0 Å². The van der Waals surface area contributed by atoms with E-state index < -0.39 is 5.97 Å². The highest BCUT2D eigenvalue weighted by Crippen LogP contribution is 2.31. The zero-order chi connectivity index (χ0) is 21.1. The van der Waals surface area contributed by atoms with Crippen LogP contribution in [0.5, 0.6) is 0 Å². The van der Waals surface area contributed by atoms with Gasteiger partial charge in [-0.3, -0.25) is 4.79 Å². The van der Waals surface area contributed by atoms with Crippen LogP contribution in [0.2, 0.25) is 0 Å². The SMILES string of the molecule is CCOC(=O)Cn1cc(/C=C(\Sc2nc3ccccc3[nH]2)C(=O)O)c2ccccc21. The Hall–Kier alpha value is -3.52. The maximum Gasteiger partial charge on any atom is 0.342 e. The molecule has 8 heteroatoms. The number of nitrogens with one attached hydrogen (secondary N) is 1. The van der Waals surface area contributed by atoms with E-state index in [1.807, 2.05) is 48.5 Å². The number of carbonyl (C=O) groups excluding carboxylic acids is 1. The second-order valence-corrected chi connectivity index (χ2v) is 7.54. The lowest BCUT2D eigenvalue weighted by atomic mass is 10.1. The minimum Gasteiger partial charge on any atom is -0.477 e. The number of thioether (sulfide) groups is 1. The monoisotopic (exact) mass is 421 g/mol. The Morgan fingerprint density at radius 2 is 1.97 bits per heavy atom. The summed E-state index contributed by atoms with van der Waals surface area (Å²) in [6.07, 6.45) is 3.37. The molecule has 0 spiro atoms. The maximum atomic E-state index is 12.0. The van der Waals surface area contributed by atoms with Gasteiger partial charge >= 0.3 is 11.9 Å². The lowest BCUT2D eigenvalue weighted by Crippen LogP contribution is -2.12. The van der Waals surface area contributed by atoms with E-state index in [9.17, 15) is 14.7 Å². The smallest absolute Gasteiger partial charge is 0.342 e. The molecule has 2 aromatic heterocycles. The Bertz CT molecular complexity index is 1240. The molecular formula is C22H19N3O4S. The van der Waals surface area contributed by atoms with E-state index in [1.165, 1.54) is 0 Å². The first kappa shape index (κ1) is 19.8. The van der Waals surface area contributed by atoms with Gasteiger partial charge in [-0.25, -0.2) is 9.78 Å². The first-order valence-electron chi connectivity index (χ1n) is 9.36. The standard InChI is InChI=1S/C22H19N3O4S/c1-2-29-20(26)13-25-12-14(15-7-3-6-10-18(15)25)11-19(21(27)28)30-22-23-16-8-4-5-9-17(16)24-22/h3-12H,2,13H2,1H3,(H,23,24)(H,27,28)/b19-11-. The van der Waals surface area contributed by atoms with E-state index in [0.717, 1.165) is 33.7 Å². The highest BCUT2D eigenvalue weighted by Gasteiger charge is 2.16. The molecule has 0 atom stereocenters. The number of imidazole rings is 1. The van der Waals surface area contributed by atoms with Gasteiger partial charge in [-0.15, -0.1) is 0 Å². The lowest BCUT2D eigenvalue weighted by molar-refractivity contribution is -0.143. The van der Waals surface area contributed by atoms with Gasteiger partial charge in [-0.1, -0.05) is 30.3 Å². The number of para-hydroxylation sites is 3. The van der Waals surface area contributed by atoms with Gasteiger partial charge in [0.15, 0.2) is 5.16 Å². The normalized spacial score (nSPS) is 11.8. The fourth-order valence-corrected chi connectivity index (χ4v) is 4.01. The Morgan fingerprint density at radius 3 is 2.73 bits per heavy atom. The molecule has 4 aromatic rings. The third kappa shape index (κ3) is 4.08. The molecule has 0 bridgehead atoms. The van der Waals surface area contributed by atoms with Gasteiger partial charge in [0, 0.05) is 22.7 Å². The molecule has 152 valence electrons. The summed E-state index contributed by atoms with van der Waals surface area (Å²) in [5.74, 6) is -1.40. The first-order valence-corrected chi connectivity index (χ1v) is 10.2. The third-order valence-electron chi connectivity index (χ3n) is 4.50. The summed E-state index contributed by atoms with van der Waals surface area (Å²) in [6, 6.07) is 15.1. The van der Waals surface area contributed by atoms with Crippen LogP contribution in [0.3, 0.4) is 0 Å². The maximum absolute atomic E-state index is 12.0. The predicted octanol–water partition coefficient (Wildman–Crippen LogP) is 4.30. The van der Waals surface area contributed by atoms with Crippen LogP contribution in [0.4, 0.5) is 0 Å². The highest BCUT2D eigenvalue weighted by molar-refractivity contribution is 8.04. The Morgan fingerprint density at radius 1 is 1.20 bits per heavy atom. The van der Waals surface area contributed by atoms with Crippen molar-refractivity contribution >= 4 is 51.7 Å². The second-order valence-electron chi connectivity index (χ2n) is 6.51. The molecule has 0 fully saturated rings. The summed E-state index contributed by atoms with van der Waals surface area (Å²) in [4.78, 5) is 31.6. The number of carbonyl (C=O) groups is 2. The number of ether oxygens (including phenoxy) is 1. The number of H-pyrrole nitrogens is 1. The number of fused-ring (bicyclic) bond motifs is 2. The van der Waals surface area contributed by atoms with Crippen molar-refractivity contribution in [3.8, 4) is 0 Å². The molecule has 0 saturated heterocycles.